The molecule has 4 nitrogen and oxygen atoms in total. The number of rotatable bonds is 8. The molecule has 1 amide bonds. The van der Waals surface area contributed by atoms with E-state index in [9.17, 15) is 9.90 Å². The van der Waals surface area contributed by atoms with Crippen molar-refractivity contribution in [3.05, 3.63) is 95.1 Å². The van der Waals surface area contributed by atoms with Crippen molar-refractivity contribution in [3.63, 3.8) is 0 Å². The Morgan fingerprint density at radius 1 is 0.875 bits per heavy atom. The Morgan fingerprint density at radius 2 is 1.41 bits per heavy atom. The van der Waals surface area contributed by atoms with E-state index in [0.717, 1.165) is 12.0 Å². The second-order valence-electron chi connectivity index (χ2n) is 8.97. The van der Waals surface area contributed by atoms with Crippen molar-refractivity contribution in [1.29, 1.82) is 0 Å². The predicted molar refractivity (Wildman–Crippen MR) is 128 cm³/mol. The Morgan fingerprint density at radius 3 is 1.94 bits per heavy atom. The van der Waals surface area contributed by atoms with Crippen molar-refractivity contribution >= 4 is 6.09 Å². The van der Waals surface area contributed by atoms with Crippen LogP contribution in [0.15, 0.2) is 72.8 Å². The predicted octanol–water partition coefficient (Wildman–Crippen LogP) is 5.33. The van der Waals surface area contributed by atoms with Crippen molar-refractivity contribution in [3.8, 4) is 11.1 Å². The van der Waals surface area contributed by atoms with E-state index in [-0.39, 0.29) is 25.2 Å². The van der Waals surface area contributed by atoms with Crippen LogP contribution in [0, 0.1) is 5.92 Å². The molecule has 0 saturated carbocycles. The third-order valence-corrected chi connectivity index (χ3v) is 6.04. The summed E-state index contributed by atoms with van der Waals surface area (Å²) in [6.45, 7) is 4.53. The summed E-state index contributed by atoms with van der Waals surface area (Å²) in [6, 6.07) is 24.5. The van der Waals surface area contributed by atoms with Crippen molar-refractivity contribution in [2.45, 2.75) is 38.6 Å². The number of amides is 1. The molecule has 166 valence electrons. The molecule has 0 saturated heterocycles. The van der Waals surface area contributed by atoms with E-state index in [2.05, 4.69) is 67.7 Å². The Kier molecular flexibility index (Phi) is 6.91. The maximum absolute atomic E-state index is 12.5. The van der Waals surface area contributed by atoms with Crippen molar-refractivity contribution < 1.29 is 14.6 Å². The number of hydrogen-bond acceptors (Lipinski definition) is 3. The second-order valence-corrected chi connectivity index (χ2v) is 8.97. The molecule has 0 fully saturated rings. The molecular formula is C28H31NO3. The van der Waals surface area contributed by atoms with E-state index in [0.29, 0.717) is 12.3 Å². The Balaban J connectivity index is 1.35. The van der Waals surface area contributed by atoms with Crippen molar-refractivity contribution in [1.82, 2.24) is 5.32 Å². The molecule has 0 aromatic heterocycles. The second kappa shape index (κ2) is 10.0. The molecule has 2 N–H and O–H groups in total. The molecule has 1 atom stereocenters. The number of hydrogen-bond donors (Lipinski definition) is 2. The van der Waals surface area contributed by atoms with Gasteiger partial charge in [0.25, 0.3) is 0 Å². The topological polar surface area (TPSA) is 58.6 Å². The van der Waals surface area contributed by atoms with Crippen molar-refractivity contribution in [2.75, 3.05) is 13.2 Å². The van der Waals surface area contributed by atoms with E-state index in [1.54, 1.807) is 0 Å². The minimum atomic E-state index is -0.498. The number of aliphatic hydroxyl groups excluding tert-OH is 1. The lowest BCUT2D eigenvalue weighted by molar-refractivity contribution is 0.132. The smallest absolute Gasteiger partial charge is 0.407 e. The molecule has 0 heterocycles. The van der Waals surface area contributed by atoms with Crippen LogP contribution in [0.3, 0.4) is 0 Å². The van der Waals surface area contributed by atoms with E-state index in [4.69, 9.17) is 4.74 Å². The number of carbonyl (C=O) groups is 1. The van der Waals surface area contributed by atoms with Crippen LogP contribution in [-0.2, 0) is 17.6 Å². The standard InChI is InChI=1S/C28H31NO3/c1-19(2)15-20-11-13-21(14-12-20)16-22(17-30)29-28(31)32-18-27-25-9-5-3-7-23(25)24-8-4-6-10-26(24)27/h3-14,19,22,27,30H,15-18H2,1-2H3,(H,29,31)/t22-/m0/s1. The van der Waals surface area contributed by atoms with Gasteiger partial charge in [-0.1, -0.05) is 86.6 Å². The van der Waals surface area contributed by atoms with Gasteiger partial charge in [-0.15, -0.1) is 0 Å². The van der Waals surface area contributed by atoms with Gasteiger partial charge in [0.2, 0.25) is 0 Å². The highest BCUT2D eigenvalue weighted by molar-refractivity contribution is 5.79. The highest BCUT2D eigenvalue weighted by Crippen LogP contribution is 2.44. The van der Waals surface area contributed by atoms with Crippen LogP contribution in [0.5, 0.6) is 0 Å². The van der Waals surface area contributed by atoms with Crippen LogP contribution in [0.4, 0.5) is 4.79 Å². The van der Waals surface area contributed by atoms with Crippen LogP contribution in [0.2, 0.25) is 0 Å². The van der Waals surface area contributed by atoms with Gasteiger partial charge in [-0.05, 0) is 52.1 Å². The average Bonchev–Trinajstić information content (AvgIpc) is 3.12. The van der Waals surface area contributed by atoms with Gasteiger partial charge in [0, 0.05) is 5.92 Å². The number of carbonyl (C=O) groups excluding carboxylic acids is 1. The van der Waals surface area contributed by atoms with Crippen LogP contribution >= 0.6 is 0 Å². The van der Waals surface area contributed by atoms with E-state index in [1.807, 2.05) is 24.3 Å². The minimum Gasteiger partial charge on any atom is -0.449 e. The highest BCUT2D eigenvalue weighted by Gasteiger charge is 2.29. The molecule has 3 aromatic carbocycles. The summed E-state index contributed by atoms with van der Waals surface area (Å²) in [6.07, 6.45) is 1.10. The van der Waals surface area contributed by atoms with Gasteiger partial charge in [-0.25, -0.2) is 4.79 Å². The zero-order valence-electron chi connectivity index (χ0n) is 18.8. The number of fused-ring (bicyclic) bond motifs is 3. The molecule has 0 bridgehead atoms. The van der Waals surface area contributed by atoms with Gasteiger partial charge in [-0.2, -0.15) is 0 Å². The number of alkyl carbamates (subject to hydrolysis) is 1. The van der Waals surface area contributed by atoms with Crippen LogP contribution in [0.1, 0.15) is 42.0 Å². The summed E-state index contributed by atoms with van der Waals surface area (Å²) in [5.41, 5.74) is 7.14. The molecule has 4 heteroatoms. The molecule has 0 radical (unpaired) electrons. The Bertz CT molecular complexity index is 1010. The Labute approximate surface area is 190 Å². The quantitative estimate of drug-likeness (QED) is 0.509. The van der Waals surface area contributed by atoms with Gasteiger partial charge in [0.1, 0.15) is 6.61 Å². The molecule has 1 aliphatic carbocycles. The first-order valence-electron chi connectivity index (χ1n) is 11.4. The normalized spacial score (nSPS) is 13.5. The van der Waals surface area contributed by atoms with Crippen LogP contribution in [0.25, 0.3) is 11.1 Å². The van der Waals surface area contributed by atoms with Gasteiger partial charge in [-0.3, -0.25) is 0 Å². The number of ether oxygens (including phenoxy) is 1. The number of nitrogens with one attached hydrogen (secondary N) is 1. The summed E-state index contributed by atoms with van der Waals surface area (Å²) in [5, 5.41) is 12.6. The number of aliphatic hydroxyl groups is 1. The maximum atomic E-state index is 12.5. The zero-order valence-corrected chi connectivity index (χ0v) is 18.8. The van der Waals surface area contributed by atoms with Crippen molar-refractivity contribution in [2.24, 2.45) is 5.92 Å². The fraction of sp³-hybridized carbons (Fsp3) is 0.321. The van der Waals surface area contributed by atoms with Gasteiger partial charge in [0.15, 0.2) is 0 Å². The highest BCUT2D eigenvalue weighted by atomic mass is 16.5. The molecule has 1 aliphatic rings. The summed E-state index contributed by atoms with van der Waals surface area (Å²) in [7, 11) is 0. The first-order chi connectivity index (χ1) is 15.5. The fourth-order valence-electron chi connectivity index (χ4n) is 4.54. The first-order valence-corrected chi connectivity index (χ1v) is 11.4. The maximum Gasteiger partial charge on any atom is 0.407 e. The lowest BCUT2D eigenvalue weighted by Crippen LogP contribution is -2.39. The average molecular weight is 430 g/mol. The first kappa shape index (κ1) is 22.1. The van der Waals surface area contributed by atoms with E-state index in [1.165, 1.54) is 27.8 Å². The van der Waals surface area contributed by atoms with Gasteiger partial charge in [0.05, 0.1) is 12.6 Å². The molecule has 0 spiro atoms. The van der Waals surface area contributed by atoms with Gasteiger partial charge < -0.3 is 15.2 Å². The van der Waals surface area contributed by atoms with Crippen LogP contribution < -0.4 is 5.32 Å². The summed E-state index contributed by atoms with van der Waals surface area (Å²) in [5.74, 6) is 0.635. The zero-order chi connectivity index (χ0) is 22.5. The summed E-state index contributed by atoms with van der Waals surface area (Å²) >= 11 is 0. The Hall–Kier alpha value is -3.11. The van der Waals surface area contributed by atoms with Gasteiger partial charge >= 0.3 is 6.09 Å². The third kappa shape index (κ3) is 5.03. The fourth-order valence-corrected chi connectivity index (χ4v) is 4.54. The summed E-state index contributed by atoms with van der Waals surface area (Å²) < 4.78 is 5.61. The lowest BCUT2D eigenvalue weighted by Gasteiger charge is -2.19. The molecule has 4 rings (SSSR count). The number of benzene rings is 3. The van der Waals surface area contributed by atoms with Crippen LogP contribution in [-0.4, -0.2) is 30.5 Å². The molecule has 0 aliphatic heterocycles. The monoisotopic (exact) mass is 429 g/mol. The minimum absolute atomic E-state index is 0.0224. The molecule has 0 unspecified atom stereocenters. The third-order valence-electron chi connectivity index (χ3n) is 6.04. The molecule has 3 aromatic rings. The lowest BCUT2D eigenvalue weighted by atomic mass is 9.98. The summed E-state index contributed by atoms with van der Waals surface area (Å²) in [4.78, 5) is 12.5. The van der Waals surface area contributed by atoms with E-state index < -0.39 is 6.09 Å². The molecular weight excluding hydrogens is 398 g/mol. The van der Waals surface area contributed by atoms with E-state index >= 15 is 0 Å². The SMILES string of the molecule is CC(C)Cc1ccc(C[C@@H](CO)NC(=O)OCC2c3ccccc3-c3ccccc32)cc1. The molecule has 32 heavy (non-hydrogen) atoms. The largest absolute Gasteiger partial charge is 0.449 e.